The standard InChI is InChI=1S/C16H26N4O3/c1-4-5-12-8-20(14(21)16(6-7-16)10-22-3)9-13(12)18-15-17-11(2)23-19-15/h12-13H,4-10H2,1-3H3,(H,18,19)/t12-,13-/m0/s1. The fourth-order valence-corrected chi connectivity index (χ4v) is 3.57. The van der Waals surface area contributed by atoms with E-state index < -0.39 is 0 Å². The largest absolute Gasteiger partial charge is 0.384 e. The number of ether oxygens (including phenoxy) is 1. The van der Waals surface area contributed by atoms with Crippen LogP contribution in [0.1, 0.15) is 38.5 Å². The number of rotatable bonds is 7. The summed E-state index contributed by atoms with van der Waals surface area (Å²) < 4.78 is 10.3. The molecule has 2 atom stereocenters. The highest BCUT2D eigenvalue weighted by Gasteiger charge is 2.53. The highest BCUT2D eigenvalue weighted by molar-refractivity contribution is 5.86. The molecule has 1 saturated heterocycles. The first-order chi connectivity index (χ1) is 11.1. The van der Waals surface area contributed by atoms with Crippen molar-refractivity contribution in [1.82, 2.24) is 15.0 Å². The van der Waals surface area contributed by atoms with Gasteiger partial charge in [0.25, 0.3) is 5.95 Å². The van der Waals surface area contributed by atoms with Gasteiger partial charge in [0.05, 0.1) is 18.1 Å². The van der Waals surface area contributed by atoms with Crippen LogP contribution in [0.4, 0.5) is 5.95 Å². The molecule has 0 spiro atoms. The fourth-order valence-electron chi connectivity index (χ4n) is 3.57. The van der Waals surface area contributed by atoms with E-state index in [1.807, 2.05) is 4.90 Å². The smallest absolute Gasteiger partial charge is 0.263 e. The van der Waals surface area contributed by atoms with Crippen molar-refractivity contribution in [3.8, 4) is 0 Å². The third-order valence-electron chi connectivity index (χ3n) is 4.96. The van der Waals surface area contributed by atoms with Crippen LogP contribution in [0.2, 0.25) is 0 Å². The second-order valence-corrected chi connectivity index (χ2v) is 6.86. The van der Waals surface area contributed by atoms with Gasteiger partial charge in [0, 0.05) is 27.1 Å². The number of aryl methyl sites for hydroxylation is 1. The predicted molar refractivity (Wildman–Crippen MR) is 85.0 cm³/mol. The number of nitrogens with zero attached hydrogens (tertiary/aromatic N) is 3. The summed E-state index contributed by atoms with van der Waals surface area (Å²) in [5.74, 6) is 1.72. The molecule has 1 aromatic rings. The van der Waals surface area contributed by atoms with Crippen LogP contribution in [0, 0.1) is 18.3 Å². The fraction of sp³-hybridized carbons (Fsp3) is 0.812. The van der Waals surface area contributed by atoms with Crippen LogP contribution in [0.3, 0.4) is 0 Å². The Morgan fingerprint density at radius 3 is 2.83 bits per heavy atom. The van der Waals surface area contributed by atoms with Gasteiger partial charge in [-0.1, -0.05) is 13.3 Å². The summed E-state index contributed by atoms with van der Waals surface area (Å²) in [6.07, 6.45) is 4.06. The first-order valence-corrected chi connectivity index (χ1v) is 8.43. The number of anilines is 1. The van der Waals surface area contributed by atoms with Crippen LogP contribution in [0.25, 0.3) is 0 Å². The van der Waals surface area contributed by atoms with Crippen molar-refractivity contribution >= 4 is 11.9 Å². The molecule has 0 bridgehead atoms. The van der Waals surface area contributed by atoms with Gasteiger partial charge in [0.1, 0.15) is 0 Å². The Balaban J connectivity index is 1.67. The molecule has 7 heteroatoms. The molecule has 128 valence electrons. The topological polar surface area (TPSA) is 80.5 Å². The van der Waals surface area contributed by atoms with E-state index in [0.29, 0.717) is 30.9 Å². The van der Waals surface area contributed by atoms with Crippen molar-refractivity contribution < 1.29 is 14.1 Å². The van der Waals surface area contributed by atoms with E-state index in [0.717, 1.165) is 32.2 Å². The summed E-state index contributed by atoms with van der Waals surface area (Å²) in [6.45, 7) is 5.97. The second kappa shape index (κ2) is 6.47. The Hall–Kier alpha value is -1.63. The molecule has 23 heavy (non-hydrogen) atoms. The zero-order valence-electron chi connectivity index (χ0n) is 14.2. The van der Waals surface area contributed by atoms with Crippen molar-refractivity contribution in [3.63, 3.8) is 0 Å². The number of methoxy groups -OCH3 is 1. The van der Waals surface area contributed by atoms with Crippen LogP contribution in [0.5, 0.6) is 0 Å². The Morgan fingerprint density at radius 2 is 2.26 bits per heavy atom. The lowest BCUT2D eigenvalue weighted by Crippen LogP contribution is -2.39. The monoisotopic (exact) mass is 322 g/mol. The van der Waals surface area contributed by atoms with E-state index in [2.05, 4.69) is 22.4 Å². The molecule has 1 aliphatic heterocycles. The van der Waals surface area contributed by atoms with Crippen molar-refractivity contribution in [2.45, 2.75) is 45.6 Å². The third kappa shape index (κ3) is 3.34. The van der Waals surface area contributed by atoms with Crippen LogP contribution in [-0.4, -0.2) is 53.8 Å². The van der Waals surface area contributed by atoms with Gasteiger partial charge in [-0.05, 0) is 30.3 Å². The van der Waals surface area contributed by atoms with Gasteiger partial charge in [-0.2, -0.15) is 4.98 Å². The van der Waals surface area contributed by atoms with Crippen molar-refractivity contribution in [1.29, 1.82) is 0 Å². The Labute approximate surface area is 136 Å². The maximum Gasteiger partial charge on any atom is 0.263 e. The van der Waals surface area contributed by atoms with Gasteiger partial charge in [-0.15, -0.1) is 0 Å². The molecule has 1 saturated carbocycles. The molecule has 2 fully saturated rings. The molecule has 2 aliphatic rings. The molecule has 1 amide bonds. The van der Waals surface area contributed by atoms with Crippen molar-refractivity contribution in [2.24, 2.45) is 11.3 Å². The van der Waals surface area contributed by atoms with Gasteiger partial charge in [-0.25, -0.2) is 0 Å². The zero-order valence-corrected chi connectivity index (χ0v) is 14.2. The average molecular weight is 322 g/mol. The molecular formula is C16H26N4O3. The summed E-state index contributed by atoms with van der Waals surface area (Å²) in [7, 11) is 1.67. The van der Waals surface area contributed by atoms with Crippen LogP contribution in [-0.2, 0) is 9.53 Å². The van der Waals surface area contributed by atoms with Gasteiger partial charge in [0.15, 0.2) is 0 Å². The number of carbonyl (C=O) groups is 1. The lowest BCUT2D eigenvalue weighted by Gasteiger charge is -2.22. The highest BCUT2D eigenvalue weighted by atomic mass is 16.5. The summed E-state index contributed by atoms with van der Waals surface area (Å²) in [4.78, 5) is 19.1. The minimum atomic E-state index is -0.261. The quantitative estimate of drug-likeness (QED) is 0.825. The van der Waals surface area contributed by atoms with Gasteiger partial charge in [0.2, 0.25) is 11.8 Å². The van der Waals surface area contributed by atoms with E-state index in [4.69, 9.17) is 9.26 Å². The maximum atomic E-state index is 12.8. The number of likely N-dealkylation sites (tertiary alicyclic amines) is 1. The Kier molecular flexibility index (Phi) is 4.57. The molecule has 0 unspecified atom stereocenters. The number of aromatic nitrogens is 2. The van der Waals surface area contributed by atoms with Crippen molar-refractivity contribution in [2.75, 3.05) is 32.1 Å². The first kappa shape index (κ1) is 16.2. The van der Waals surface area contributed by atoms with Crippen LogP contribution in [0.15, 0.2) is 4.52 Å². The summed E-state index contributed by atoms with van der Waals surface area (Å²) >= 11 is 0. The predicted octanol–water partition coefficient (Wildman–Crippen LogP) is 1.84. The summed E-state index contributed by atoms with van der Waals surface area (Å²) in [5.41, 5.74) is -0.261. The van der Waals surface area contributed by atoms with E-state index >= 15 is 0 Å². The first-order valence-electron chi connectivity index (χ1n) is 8.43. The minimum Gasteiger partial charge on any atom is -0.384 e. The van der Waals surface area contributed by atoms with Gasteiger partial charge < -0.3 is 19.5 Å². The lowest BCUT2D eigenvalue weighted by atomic mass is 9.98. The minimum absolute atomic E-state index is 0.175. The molecule has 1 aromatic heterocycles. The van der Waals surface area contributed by atoms with Crippen LogP contribution >= 0.6 is 0 Å². The molecule has 0 aromatic carbocycles. The number of carbonyl (C=O) groups excluding carboxylic acids is 1. The van der Waals surface area contributed by atoms with E-state index in [1.165, 1.54) is 0 Å². The molecule has 2 heterocycles. The number of nitrogens with one attached hydrogen (secondary N) is 1. The average Bonchev–Trinajstić information content (AvgIpc) is 3.03. The number of hydrogen-bond acceptors (Lipinski definition) is 6. The van der Waals surface area contributed by atoms with E-state index in [-0.39, 0.29) is 17.4 Å². The molecule has 3 rings (SSSR count). The number of amides is 1. The summed E-state index contributed by atoms with van der Waals surface area (Å²) in [5, 5.41) is 7.26. The van der Waals surface area contributed by atoms with Gasteiger partial charge in [-0.3, -0.25) is 4.79 Å². The van der Waals surface area contributed by atoms with Crippen molar-refractivity contribution in [3.05, 3.63) is 5.89 Å². The lowest BCUT2D eigenvalue weighted by molar-refractivity contribution is -0.138. The summed E-state index contributed by atoms with van der Waals surface area (Å²) in [6, 6.07) is 0.175. The SMILES string of the molecule is CCC[C@H]1CN(C(=O)C2(COC)CC2)C[C@@H]1Nc1noc(C)n1. The van der Waals surface area contributed by atoms with E-state index in [1.54, 1.807) is 14.0 Å². The maximum absolute atomic E-state index is 12.8. The van der Waals surface area contributed by atoms with E-state index in [9.17, 15) is 4.79 Å². The molecule has 0 radical (unpaired) electrons. The van der Waals surface area contributed by atoms with Crippen LogP contribution < -0.4 is 5.32 Å². The third-order valence-corrected chi connectivity index (χ3v) is 4.96. The second-order valence-electron chi connectivity index (χ2n) is 6.86. The molecule has 1 aliphatic carbocycles. The van der Waals surface area contributed by atoms with Gasteiger partial charge >= 0.3 is 0 Å². The molecular weight excluding hydrogens is 296 g/mol. The normalized spacial score (nSPS) is 25.6. The Bertz CT molecular complexity index is 555. The Morgan fingerprint density at radius 1 is 1.48 bits per heavy atom. The number of hydrogen-bond donors (Lipinski definition) is 1. The molecule has 1 N–H and O–H groups in total. The molecule has 7 nitrogen and oxygen atoms in total. The highest BCUT2D eigenvalue weighted by Crippen LogP contribution is 2.48. The zero-order chi connectivity index (χ0) is 16.4.